The lowest BCUT2D eigenvalue weighted by Gasteiger charge is -2.27. The van der Waals surface area contributed by atoms with E-state index in [0.29, 0.717) is 5.75 Å². The zero-order valence-corrected chi connectivity index (χ0v) is 18.6. The van der Waals surface area contributed by atoms with E-state index in [0.717, 1.165) is 11.1 Å². The second kappa shape index (κ2) is 10.3. The van der Waals surface area contributed by atoms with Crippen LogP contribution in [0.4, 0.5) is 0 Å². The molecule has 0 spiro atoms. The fraction of sp³-hybridized carbons (Fsp3) is 0.650. The van der Waals surface area contributed by atoms with Gasteiger partial charge in [0.15, 0.2) is 0 Å². The van der Waals surface area contributed by atoms with Gasteiger partial charge in [-0.2, -0.15) is 0 Å². The van der Waals surface area contributed by atoms with Crippen molar-refractivity contribution in [2.75, 3.05) is 13.5 Å². The average Bonchev–Trinajstić information content (AvgIpc) is 2.53. The Morgan fingerprint density at radius 2 is 1.56 bits per heavy atom. The molecule has 7 heteroatoms. The minimum atomic E-state index is -3.50. The van der Waals surface area contributed by atoms with E-state index < -0.39 is 19.5 Å². The van der Waals surface area contributed by atoms with E-state index in [1.165, 1.54) is 7.11 Å². The SMILES string of the molecule is COCP(=O)(NC(C)C(=O)OC(C)C)Oc1c(C(C)C)cccc1C(C)C. The first kappa shape index (κ1) is 23.7. The summed E-state index contributed by atoms with van der Waals surface area (Å²) < 4.78 is 29.9. The van der Waals surface area contributed by atoms with Crippen LogP contribution in [0.1, 0.15) is 71.4 Å². The number of esters is 1. The molecule has 0 saturated carbocycles. The van der Waals surface area contributed by atoms with Gasteiger partial charge in [0.2, 0.25) is 0 Å². The Labute approximate surface area is 163 Å². The van der Waals surface area contributed by atoms with Crippen molar-refractivity contribution in [3.8, 4) is 5.75 Å². The fourth-order valence-corrected chi connectivity index (χ4v) is 4.40. The molecule has 0 fully saturated rings. The van der Waals surface area contributed by atoms with Crippen LogP contribution < -0.4 is 9.61 Å². The van der Waals surface area contributed by atoms with Crippen molar-refractivity contribution in [3.63, 3.8) is 0 Å². The maximum absolute atomic E-state index is 13.5. The minimum Gasteiger partial charge on any atom is -0.462 e. The van der Waals surface area contributed by atoms with Crippen LogP contribution in [0.5, 0.6) is 5.75 Å². The van der Waals surface area contributed by atoms with Crippen molar-refractivity contribution in [2.45, 2.75) is 72.4 Å². The third-order valence-corrected chi connectivity index (χ3v) is 5.81. The molecule has 1 rings (SSSR count). The first-order chi connectivity index (χ1) is 12.5. The third kappa shape index (κ3) is 6.95. The molecule has 1 aromatic carbocycles. The van der Waals surface area contributed by atoms with Gasteiger partial charge < -0.3 is 14.0 Å². The van der Waals surface area contributed by atoms with E-state index in [9.17, 15) is 9.36 Å². The highest BCUT2D eigenvalue weighted by molar-refractivity contribution is 7.57. The van der Waals surface area contributed by atoms with E-state index in [4.69, 9.17) is 14.0 Å². The van der Waals surface area contributed by atoms with Gasteiger partial charge in [0.1, 0.15) is 18.1 Å². The molecule has 0 saturated heterocycles. The summed E-state index contributed by atoms with van der Waals surface area (Å²) in [6, 6.07) is 5.13. The number of nitrogens with one attached hydrogen (secondary N) is 1. The molecule has 0 bridgehead atoms. The van der Waals surface area contributed by atoms with E-state index >= 15 is 0 Å². The second-order valence-corrected chi connectivity index (χ2v) is 9.64. The lowest BCUT2D eigenvalue weighted by molar-refractivity contribution is -0.149. The van der Waals surface area contributed by atoms with Gasteiger partial charge in [0.25, 0.3) is 0 Å². The minimum absolute atomic E-state index is 0.156. The van der Waals surface area contributed by atoms with Gasteiger partial charge in [0, 0.05) is 7.11 Å². The zero-order chi connectivity index (χ0) is 20.8. The van der Waals surface area contributed by atoms with Crippen LogP contribution in [0.3, 0.4) is 0 Å². The van der Waals surface area contributed by atoms with E-state index in [1.54, 1.807) is 20.8 Å². The van der Waals surface area contributed by atoms with Crippen molar-refractivity contribution < 1.29 is 23.4 Å². The van der Waals surface area contributed by atoms with Gasteiger partial charge in [-0.05, 0) is 43.7 Å². The topological polar surface area (TPSA) is 73.9 Å². The number of carbonyl (C=O) groups excluding carboxylic acids is 1. The number of ether oxygens (including phenoxy) is 2. The summed E-state index contributed by atoms with van der Waals surface area (Å²) in [5.41, 5.74) is 1.94. The van der Waals surface area contributed by atoms with Crippen molar-refractivity contribution in [2.24, 2.45) is 0 Å². The highest BCUT2D eigenvalue weighted by Crippen LogP contribution is 2.48. The lowest BCUT2D eigenvalue weighted by atomic mass is 9.94. The van der Waals surface area contributed by atoms with Crippen molar-refractivity contribution in [1.82, 2.24) is 5.09 Å². The van der Waals surface area contributed by atoms with Crippen LogP contribution in [-0.4, -0.2) is 31.6 Å². The summed E-state index contributed by atoms with van der Waals surface area (Å²) >= 11 is 0. The first-order valence-electron chi connectivity index (χ1n) is 9.39. The van der Waals surface area contributed by atoms with E-state index in [2.05, 4.69) is 32.8 Å². The van der Waals surface area contributed by atoms with Gasteiger partial charge in [0.05, 0.1) is 6.10 Å². The Hall–Kier alpha value is -1.36. The summed E-state index contributed by atoms with van der Waals surface area (Å²) in [7, 11) is -2.05. The molecule has 27 heavy (non-hydrogen) atoms. The second-order valence-electron chi connectivity index (χ2n) is 7.59. The highest BCUT2D eigenvalue weighted by Gasteiger charge is 2.32. The molecule has 1 aromatic rings. The zero-order valence-electron chi connectivity index (χ0n) is 17.7. The first-order valence-corrected chi connectivity index (χ1v) is 11.2. The van der Waals surface area contributed by atoms with E-state index in [1.807, 2.05) is 18.2 Å². The molecule has 154 valence electrons. The number of para-hydroxylation sites is 1. The predicted molar refractivity (Wildman–Crippen MR) is 109 cm³/mol. The van der Waals surface area contributed by atoms with Crippen molar-refractivity contribution in [1.29, 1.82) is 0 Å². The normalized spacial score (nSPS) is 15.1. The summed E-state index contributed by atoms with van der Waals surface area (Å²) in [4.78, 5) is 12.1. The maximum Gasteiger partial charge on any atom is 0.342 e. The molecule has 0 aliphatic carbocycles. The molecule has 2 unspecified atom stereocenters. The maximum atomic E-state index is 13.5. The molecule has 6 nitrogen and oxygen atoms in total. The Bertz CT molecular complexity index is 646. The van der Waals surface area contributed by atoms with Gasteiger partial charge in [-0.3, -0.25) is 9.36 Å². The van der Waals surface area contributed by atoms with Gasteiger partial charge >= 0.3 is 13.5 Å². The monoisotopic (exact) mass is 399 g/mol. The molecule has 0 heterocycles. The molecule has 0 aliphatic rings. The summed E-state index contributed by atoms with van der Waals surface area (Å²) in [5, 5.41) is 2.81. The summed E-state index contributed by atoms with van der Waals surface area (Å²) in [5.74, 6) is 0.502. The van der Waals surface area contributed by atoms with Crippen LogP contribution in [-0.2, 0) is 18.8 Å². The number of rotatable bonds is 10. The standard InChI is InChI=1S/C20H34NO5P/c1-13(2)17-10-9-11-18(14(3)4)19(17)26-27(23,12-24-8)21-16(7)20(22)25-15(5)6/h9-11,13-16H,12H2,1-8H3,(H,21,23). The van der Waals surface area contributed by atoms with Crippen LogP contribution in [0.2, 0.25) is 0 Å². The number of benzene rings is 1. The van der Waals surface area contributed by atoms with Crippen molar-refractivity contribution in [3.05, 3.63) is 29.3 Å². The Morgan fingerprint density at radius 3 is 1.96 bits per heavy atom. The molecule has 1 N–H and O–H groups in total. The Balaban J connectivity index is 3.22. The average molecular weight is 399 g/mol. The summed E-state index contributed by atoms with van der Waals surface area (Å²) in [6.45, 7) is 13.4. The number of hydrogen-bond acceptors (Lipinski definition) is 5. The number of hydrogen-bond donors (Lipinski definition) is 1. The predicted octanol–water partition coefficient (Wildman–Crippen LogP) is 5.04. The van der Waals surface area contributed by atoms with Gasteiger partial charge in [-0.15, -0.1) is 0 Å². The van der Waals surface area contributed by atoms with Gasteiger partial charge in [-0.1, -0.05) is 45.9 Å². The molecule has 2 atom stereocenters. The van der Waals surface area contributed by atoms with Crippen LogP contribution in [0, 0.1) is 0 Å². The Morgan fingerprint density at radius 1 is 1.04 bits per heavy atom. The molecular weight excluding hydrogens is 365 g/mol. The number of methoxy groups -OCH3 is 1. The Kier molecular flexibility index (Phi) is 9.00. The highest BCUT2D eigenvalue weighted by atomic mass is 31.2. The fourth-order valence-electron chi connectivity index (χ4n) is 2.68. The molecule has 0 radical (unpaired) electrons. The van der Waals surface area contributed by atoms with Gasteiger partial charge in [-0.25, -0.2) is 5.09 Å². The van der Waals surface area contributed by atoms with Crippen LogP contribution in [0.15, 0.2) is 18.2 Å². The van der Waals surface area contributed by atoms with Crippen LogP contribution >= 0.6 is 7.52 Å². The van der Waals surface area contributed by atoms with Crippen molar-refractivity contribution >= 4 is 13.5 Å². The molecule has 0 amide bonds. The largest absolute Gasteiger partial charge is 0.462 e. The van der Waals surface area contributed by atoms with E-state index in [-0.39, 0.29) is 24.3 Å². The molecular formula is C20H34NO5P. The number of carbonyl (C=O) groups is 1. The van der Waals surface area contributed by atoms with Crippen LogP contribution in [0.25, 0.3) is 0 Å². The quantitative estimate of drug-likeness (QED) is 0.439. The smallest absolute Gasteiger partial charge is 0.342 e. The third-order valence-electron chi connectivity index (χ3n) is 3.95. The molecule has 0 aliphatic heterocycles. The molecule has 0 aromatic heterocycles. The lowest BCUT2D eigenvalue weighted by Crippen LogP contribution is -2.36. The summed E-state index contributed by atoms with van der Waals surface area (Å²) in [6.07, 6.45) is -0.408.